The average molecular weight is 685 g/mol. The van der Waals surface area contributed by atoms with Crippen molar-refractivity contribution in [1.29, 1.82) is 0 Å². The zero-order valence-electron chi connectivity index (χ0n) is 30.5. The lowest BCUT2D eigenvalue weighted by molar-refractivity contribution is 0.590. The van der Waals surface area contributed by atoms with Crippen molar-refractivity contribution in [2.45, 2.75) is 39.5 Å². The second-order valence-electron chi connectivity index (χ2n) is 15.7. The Morgan fingerprint density at radius 1 is 0.528 bits per heavy atom. The van der Waals surface area contributed by atoms with Crippen LogP contribution in [0.1, 0.15) is 45.2 Å². The van der Waals surface area contributed by atoms with Crippen LogP contribution in [0.15, 0.2) is 161 Å². The first-order valence-corrected chi connectivity index (χ1v) is 18.7. The molecule has 256 valence electrons. The van der Waals surface area contributed by atoms with E-state index in [-0.39, 0.29) is 5.41 Å². The Kier molecular flexibility index (Phi) is 7.14. The fourth-order valence-electron chi connectivity index (χ4n) is 8.56. The van der Waals surface area contributed by atoms with Crippen LogP contribution >= 0.6 is 0 Å². The lowest BCUT2D eigenvalue weighted by Gasteiger charge is -2.20. The zero-order valence-corrected chi connectivity index (χ0v) is 30.5. The Morgan fingerprint density at radius 2 is 1.11 bits per heavy atom. The predicted octanol–water partition coefficient (Wildman–Crippen LogP) is 14.9. The highest BCUT2D eigenvalue weighted by Crippen LogP contribution is 2.47. The first kappa shape index (κ1) is 31.6. The fraction of sp³-hybridized carbons (Fsp3) is 0.137. The van der Waals surface area contributed by atoms with E-state index in [0.717, 1.165) is 61.8 Å². The molecule has 0 amide bonds. The monoisotopic (exact) mass is 684 g/mol. The summed E-state index contributed by atoms with van der Waals surface area (Å²) in [6, 6.07) is 48.2. The minimum atomic E-state index is 0.0126. The van der Waals surface area contributed by atoms with Crippen LogP contribution in [-0.2, 0) is 5.41 Å². The molecular formula is C51H40O2. The molecule has 7 aromatic carbocycles. The number of hydrogen-bond acceptors (Lipinski definition) is 2. The quantitative estimate of drug-likeness (QED) is 0.173. The summed E-state index contributed by atoms with van der Waals surface area (Å²) in [7, 11) is 0. The topological polar surface area (TPSA) is 26.3 Å². The van der Waals surface area contributed by atoms with Crippen molar-refractivity contribution in [3.8, 4) is 33.6 Å². The zero-order chi connectivity index (χ0) is 35.8. The molecule has 10 rings (SSSR count). The van der Waals surface area contributed by atoms with Gasteiger partial charge in [0.15, 0.2) is 0 Å². The van der Waals surface area contributed by atoms with Crippen LogP contribution in [0.4, 0.5) is 0 Å². The molecule has 1 unspecified atom stereocenters. The van der Waals surface area contributed by atoms with E-state index in [1.807, 2.05) is 6.07 Å². The first-order valence-electron chi connectivity index (χ1n) is 18.7. The van der Waals surface area contributed by atoms with Crippen molar-refractivity contribution >= 4 is 60.0 Å². The normalized spacial score (nSPS) is 14.9. The Bertz CT molecular complexity index is 2900. The van der Waals surface area contributed by atoms with Crippen molar-refractivity contribution in [2.24, 2.45) is 5.92 Å². The molecule has 0 saturated heterocycles. The van der Waals surface area contributed by atoms with Gasteiger partial charge in [-0.15, -0.1) is 0 Å². The predicted molar refractivity (Wildman–Crippen MR) is 224 cm³/mol. The van der Waals surface area contributed by atoms with Crippen molar-refractivity contribution in [2.75, 3.05) is 0 Å². The van der Waals surface area contributed by atoms with E-state index in [4.69, 9.17) is 8.83 Å². The standard InChI is InChI=1S/C51H40O2/c1-31-13-11-14-34(29-31)47-38-17-7-5-15-36(38)46(37-16-6-8-18-39(37)47)32-23-25-33(26-24-32)48-40-19-9-10-21-43(40)53-50(48)41-20-12-22-45-49(41)42-30-35(51(2,3)4)27-28-44(42)52-45/h5-12,14-31H,13H2,1-4H3. The van der Waals surface area contributed by atoms with Gasteiger partial charge >= 0.3 is 0 Å². The Morgan fingerprint density at radius 3 is 1.77 bits per heavy atom. The van der Waals surface area contributed by atoms with Gasteiger partial charge in [-0.3, -0.25) is 0 Å². The summed E-state index contributed by atoms with van der Waals surface area (Å²) in [6.07, 6.45) is 8.16. The van der Waals surface area contributed by atoms with Crippen LogP contribution in [0.2, 0.25) is 0 Å². The van der Waals surface area contributed by atoms with Gasteiger partial charge in [0.25, 0.3) is 0 Å². The minimum absolute atomic E-state index is 0.0126. The summed E-state index contributed by atoms with van der Waals surface area (Å²) in [4.78, 5) is 0. The van der Waals surface area contributed by atoms with Gasteiger partial charge in [-0.1, -0.05) is 155 Å². The fourth-order valence-corrected chi connectivity index (χ4v) is 8.56. The van der Waals surface area contributed by atoms with Gasteiger partial charge in [0, 0.05) is 27.3 Å². The second kappa shape index (κ2) is 12.0. The molecule has 0 N–H and O–H groups in total. The van der Waals surface area contributed by atoms with Crippen molar-refractivity contribution < 1.29 is 8.83 Å². The molecule has 0 saturated carbocycles. The van der Waals surface area contributed by atoms with Crippen LogP contribution in [-0.4, -0.2) is 0 Å². The second-order valence-corrected chi connectivity index (χ2v) is 15.7. The molecule has 2 aromatic heterocycles. The van der Waals surface area contributed by atoms with Gasteiger partial charge < -0.3 is 8.83 Å². The molecule has 0 fully saturated rings. The number of para-hydroxylation sites is 1. The third kappa shape index (κ3) is 5.08. The third-order valence-electron chi connectivity index (χ3n) is 11.2. The SMILES string of the molecule is CC1C=C(c2c3ccccc3c(-c3ccc(-c4c(-c5cccc6oc7ccc(C(C)(C)C)cc7c56)oc5ccccc45)cc3)c3ccccc23)C=CC1. The van der Waals surface area contributed by atoms with Crippen molar-refractivity contribution in [1.82, 2.24) is 0 Å². The Hall–Kier alpha value is -6.12. The Labute approximate surface area is 309 Å². The van der Waals surface area contributed by atoms with Crippen LogP contribution < -0.4 is 0 Å². The molecule has 0 bridgehead atoms. The van der Waals surface area contributed by atoms with Gasteiger partial charge in [0.2, 0.25) is 0 Å². The molecule has 1 aliphatic rings. The maximum absolute atomic E-state index is 6.82. The summed E-state index contributed by atoms with van der Waals surface area (Å²) in [6.45, 7) is 9.07. The van der Waals surface area contributed by atoms with E-state index >= 15 is 0 Å². The number of furan rings is 2. The molecule has 53 heavy (non-hydrogen) atoms. The van der Waals surface area contributed by atoms with Gasteiger partial charge in [-0.05, 0) is 97.0 Å². The lowest BCUT2D eigenvalue weighted by Crippen LogP contribution is -2.10. The third-order valence-corrected chi connectivity index (χ3v) is 11.2. The average Bonchev–Trinajstić information content (AvgIpc) is 3.75. The molecule has 1 atom stereocenters. The molecule has 0 spiro atoms. The lowest BCUT2D eigenvalue weighted by atomic mass is 9.83. The number of benzene rings is 7. The highest BCUT2D eigenvalue weighted by atomic mass is 16.3. The van der Waals surface area contributed by atoms with Crippen LogP contribution in [0, 0.1) is 5.92 Å². The Balaban J connectivity index is 1.18. The maximum Gasteiger partial charge on any atom is 0.144 e. The van der Waals surface area contributed by atoms with E-state index in [2.05, 4.69) is 173 Å². The van der Waals surface area contributed by atoms with Gasteiger partial charge in [0.05, 0.1) is 0 Å². The molecule has 2 heteroatoms. The summed E-state index contributed by atoms with van der Waals surface area (Å²) in [5, 5.41) is 8.40. The summed E-state index contributed by atoms with van der Waals surface area (Å²) in [5.41, 5.74) is 12.3. The summed E-state index contributed by atoms with van der Waals surface area (Å²) in [5.74, 6) is 1.38. The van der Waals surface area contributed by atoms with Crippen molar-refractivity contribution in [3.05, 3.63) is 163 Å². The molecular weight excluding hydrogens is 645 g/mol. The van der Waals surface area contributed by atoms with Crippen LogP contribution in [0.25, 0.3) is 93.6 Å². The van der Waals surface area contributed by atoms with Gasteiger partial charge in [0.1, 0.15) is 22.5 Å². The van der Waals surface area contributed by atoms with E-state index in [1.54, 1.807) is 0 Å². The van der Waals surface area contributed by atoms with Crippen LogP contribution in [0.3, 0.4) is 0 Å². The summed E-state index contributed by atoms with van der Waals surface area (Å²) >= 11 is 0. The molecule has 9 aromatic rings. The number of rotatable bonds is 4. The number of fused-ring (bicyclic) bond motifs is 6. The summed E-state index contributed by atoms with van der Waals surface area (Å²) < 4.78 is 13.3. The van der Waals surface area contributed by atoms with E-state index in [1.165, 1.54) is 49.4 Å². The van der Waals surface area contributed by atoms with Crippen LogP contribution in [0.5, 0.6) is 0 Å². The highest BCUT2D eigenvalue weighted by molar-refractivity contribution is 6.20. The van der Waals surface area contributed by atoms with E-state index in [9.17, 15) is 0 Å². The smallest absolute Gasteiger partial charge is 0.144 e. The maximum atomic E-state index is 6.82. The molecule has 1 aliphatic carbocycles. The number of allylic oxidation sites excluding steroid dienone is 4. The highest BCUT2D eigenvalue weighted by Gasteiger charge is 2.24. The molecule has 2 heterocycles. The van der Waals surface area contributed by atoms with E-state index in [0.29, 0.717) is 5.92 Å². The van der Waals surface area contributed by atoms with Crippen molar-refractivity contribution in [3.63, 3.8) is 0 Å². The van der Waals surface area contributed by atoms with E-state index < -0.39 is 0 Å². The largest absolute Gasteiger partial charge is 0.456 e. The first-order chi connectivity index (χ1) is 25.8. The molecule has 0 radical (unpaired) electrons. The molecule has 0 aliphatic heterocycles. The molecule has 2 nitrogen and oxygen atoms in total. The van der Waals surface area contributed by atoms with Gasteiger partial charge in [-0.2, -0.15) is 0 Å². The minimum Gasteiger partial charge on any atom is -0.456 e. The van der Waals surface area contributed by atoms with Gasteiger partial charge in [-0.25, -0.2) is 0 Å². The number of hydrogen-bond donors (Lipinski definition) is 0.